The average Bonchev–Trinajstić information content (AvgIpc) is 2.55. The fourth-order valence-corrected chi connectivity index (χ4v) is 2.30. The summed E-state index contributed by atoms with van der Waals surface area (Å²) in [6.07, 6.45) is 0. The van der Waals surface area contributed by atoms with E-state index in [1.807, 2.05) is 0 Å². The van der Waals surface area contributed by atoms with E-state index in [2.05, 4.69) is 0 Å². The van der Waals surface area contributed by atoms with E-state index in [1.54, 1.807) is 6.07 Å². The molecular formula is C17H13O6-. The second-order valence-corrected chi connectivity index (χ2v) is 4.86. The molecule has 118 valence electrons. The highest BCUT2D eigenvalue weighted by atomic mass is 16.5. The first-order valence-corrected chi connectivity index (χ1v) is 6.73. The average molecular weight is 313 g/mol. The molecule has 0 atom stereocenters. The summed E-state index contributed by atoms with van der Waals surface area (Å²) in [6.45, 7) is 0. The van der Waals surface area contributed by atoms with Crippen LogP contribution in [0.3, 0.4) is 0 Å². The molecule has 1 aliphatic carbocycles. The first-order chi connectivity index (χ1) is 11.0. The van der Waals surface area contributed by atoms with Crippen molar-refractivity contribution in [3.8, 4) is 45.6 Å². The molecule has 0 radical (unpaired) electrons. The molecule has 0 unspecified atom stereocenters. The molecule has 1 N–H and O–H groups in total. The van der Waals surface area contributed by atoms with Crippen LogP contribution in [0.15, 0.2) is 45.6 Å². The van der Waals surface area contributed by atoms with Crippen LogP contribution in [0.1, 0.15) is 0 Å². The van der Waals surface area contributed by atoms with Crippen LogP contribution < -0.4 is 20.0 Å². The van der Waals surface area contributed by atoms with Gasteiger partial charge in [-0.05, 0) is 12.1 Å². The molecule has 0 amide bonds. The third-order valence-corrected chi connectivity index (χ3v) is 3.46. The minimum atomic E-state index is -0.322. The molecule has 1 heterocycles. The number of benzene rings is 2. The summed E-state index contributed by atoms with van der Waals surface area (Å²) < 4.78 is 15.7. The van der Waals surface area contributed by atoms with Crippen LogP contribution in [0.5, 0.6) is 23.0 Å². The van der Waals surface area contributed by atoms with Crippen molar-refractivity contribution >= 4 is 0 Å². The van der Waals surface area contributed by atoms with Gasteiger partial charge in [-0.1, -0.05) is 17.9 Å². The number of hydrogen-bond acceptors (Lipinski definition) is 6. The molecule has 0 spiro atoms. The van der Waals surface area contributed by atoms with Crippen molar-refractivity contribution in [2.75, 3.05) is 14.2 Å². The van der Waals surface area contributed by atoms with Crippen LogP contribution in [0, 0.1) is 0 Å². The van der Waals surface area contributed by atoms with Crippen LogP contribution in [-0.4, -0.2) is 19.3 Å². The van der Waals surface area contributed by atoms with Crippen molar-refractivity contribution in [3.05, 3.63) is 46.6 Å². The molecule has 2 aliphatic rings. The number of fused-ring (bicyclic) bond motifs is 1. The predicted molar refractivity (Wildman–Crippen MR) is 81.3 cm³/mol. The monoisotopic (exact) mass is 313 g/mol. The number of methoxy groups -OCH3 is 2. The quantitative estimate of drug-likeness (QED) is 0.797. The molecule has 1 aromatic carbocycles. The van der Waals surface area contributed by atoms with Crippen molar-refractivity contribution in [1.82, 2.24) is 0 Å². The summed E-state index contributed by atoms with van der Waals surface area (Å²) >= 11 is 0. The Morgan fingerprint density at radius 2 is 1.87 bits per heavy atom. The van der Waals surface area contributed by atoms with E-state index >= 15 is 0 Å². The lowest BCUT2D eigenvalue weighted by Gasteiger charge is -2.15. The van der Waals surface area contributed by atoms with Crippen LogP contribution in [-0.2, 0) is 0 Å². The molecule has 0 fully saturated rings. The van der Waals surface area contributed by atoms with E-state index in [9.17, 15) is 15.0 Å². The Hall–Kier alpha value is -3.15. The van der Waals surface area contributed by atoms with Gasteiger partial charge in [-0.25, -0.2) is 0 Å². The molecule has 23 heavy (non-hydrogen) atoms. The van der Waals surface area contributed by atoms with Crippen molar-refractivity contribution in [1.29, 1.82) is 0 Å². The van der Waals surface area contributed by atoms with E-state index in [4.69, 9.17) is 13.9 Å². The molecule has 0 saturated heterocycles. The number of rotatable bonds is 3. The van der Waals surface area contributed by atoms with E-state index in [-0.39, 0.29) is 39.8 Å². The molecule has 1 aromatic rings. The summed E-state index contributed by atoms with van der Waals surface area (Å²) in [5.41, 5.74) is 0.369. The van der Waals surface area contributed by atoms with Crippen molar-refractivity contribution < 1.29 is 24.1 Å². The largest absolute Gasteiger partial charge is 0.870 e. The third-order valence-electron chi connectivity index (χ3n) is 3.46. The van der Waals surface area contributed by atoms with Gasteiger partial charge in [0.1, 0.15) is 17.3 Å². The Balaban J connectivity index is 2.24. The molecule has 6 heteroatoms. The van der Waals surface area contributed by atoms with Gasteiger partial charge in [0.2, 0.25) is 0 Å². The van der Waals surface area contributed by atoms with Crippen molar-refractivity contribution in [2.45, 2.75) is 0 Å². The van der Waals surface area contributed by atoms with Gasteiger partial charge < -0.3 is 24.1 Å². The lowest BCUT2D eigenvalue weighted by molar-refractivity contribution is -0.270. The van der Waals surface area contributed by atoms with Crippen LogP contribution in [0.25, 0.3) is 22.6 Å². The van der Waals surface area contributed by atoms with Gasteiger partial charge in [-0.2, -0.15) is 0 Å². The highest BCUT2D eigenvalue weighted by Gasteiger charge is 2.17. The highest BCUT2D eigenvalue weighted by molar-refractivity contribution is 5.73. The molecule has 0 saturated carbocycles. The Bertz CT molecular complexity index is 896. The maximum atomic E-state index is 12.0. The SMILES string of the molecule is COc1cc2oc(-c3ccc([O-])c(OC)c3)c(O)cc-2c(=O)c1. The van der Waals surface area contributed by atoms with Gasteiger partial charge in [0, 0.05) is 17.7 Å². The van der Waals surface area contributed by atoms with E-state index in [0.29, 0.717) is 11.3 Å². The normalized spacial score (nSPS) is 10.7. The van der Waals surface area contributed by atoms with Gasteiger partial charge in [-0.3, -0.25) is 4.79 Å². The molecule has 0 aromatic heterocycles. The molecule has 1 aliphatic heterocycles. The standard InChI is InChI=1S/C17H14O6/c1-21-10-6-13(19)11-8-14(20)17(23-15(11)7-10)9-3-4-12(18)16(5-9)22-2/h3-8,18,20H,1-2H3/p-1. The second-order valence-electron chi connectivity index (χ2n) is 4.86. The number of hydrogen-bond donors (Lipinski definition) is 1. The summed E-state index contributed by atoms with van der Waals surface area (Å²) in [6, 6.07) is 8.48. The molecular weight excluding hydrogens is 300 g/mol. The summed E-state index contributed by atoms with van der Waals surface area (Å²) in [5, 5.41) is 21.7. The lowest BCUT2D eigenvalue weighted by atomic mass is 10.1. The Kier molecular flexibility index (Phi) is 3.57. The van der Waals surface area contributed by atoms with E-state index in [1.165, 1.54) is 44.6 Å². The Morgan fingerprint density at radius 3 is 2.57 bits per heavy atom. The third kappa shape index (κ3) is 2.55. The predicted octanol–water partition coefficient (Wildman–Crippen LogP) is 2.21. The second kappa shape index (κ2) is 5.57. The first-order valence-electron chi connectivity index (χ1n) is 6.73. The molecule has 3 rings (SSSR count). The van der Waals surface area contributed by atoms with Gasteiger partial charge in [0.05, 0.1) is 19.8 Å². The zero-order valence-electron chi connectivity index (χ0n) is 12.5. The minimum absolute atomic E-state index is 0.128. The zero-order chi connectivity index (χ0) is 16.6. The Morgan fingerprint density at radius 1 is 1.09 bits per heavy atom. The zero-order valence-corrected chi connectivity index (χ0v) is 12.5. The van der Waals surface area contributed by atoms with Gasteiger partial charge in [-0.15, -0.1) is 0 Å². The summed E-state index contributed by atoms with van der Waals surface area (Å²) in [7, 11) is 2.83. The van der Waals surface area contributed by atoms with Crippen LogP contribution >= 0.6 is 0 Å². The fraction of sp³-hybridized carbons (Fsp3) is 0.118. The summed E-state index contributed by atoms with van der Waals surface area (Å²) in [5.74, 6) is 0.402. The smallest absolute Gasteiger partial charge is 0.193 e. The number of ether oxygens (including phenoxy) is 2. The maximum absolute atomic E-state index is 12.0. The lowest BCUT2D eigenvalue weighted by Crippen LogP contribution is -2.05. The van der Waals surface area contributed by atoms with Crippen molar-refractivity contribution in [3.63, 3.8) is 0 Å². The van der Waals surface area contributed by atoms with Crippen LogP contribution in [0.4, 0.5) is 0 Å². The van der Waals surface area contributed by atoms with E-state index in [0.717, 1.165) is 0 Å². The molecule has 6 nitrogen and oxygen atoms in total. The van der Waals surface area contributed by atoms with E-state index < -0.39 is 0 Å². The van der Waals surface area contributed by atoms with Gasteiger partial charge in [0.15, 0.2) is 16.9 Å². The summed E-state index contributed by atoms with van der Waals surface area (Å²) in [4.78, 5) is 12.0. The van der Waals surface area contributed by atoms with Crippen LogP contribution in [0.2, 0.25) is 0 Å². The minimum Gasteiger partial charge on any atom is -0.870 e. The van der Waals surface area contributed by atoms with Crippen molar-refractivity contribution in [2.24, 2.45) is 0 Å². The highest BCUT2D eigenvalue weighted by Crippen LogP contribution is 2.38. The maximum Gasteiger partial charge on any atom is 0.193 e. The first kappa shape index (κ1) is 14.8. The Labute approximate surface area is 131 Å². The fourth-order valence-electron chi connectivity index (χ4n) is 2.30. The van der Waals surface area contributed by atoms with Gasteiger partial charge in [0.25, 0.3) is 0 Å². The molecule has 0 bridgehead atoms. The topological polar surface area (TPSA) is 92.0 Å². The van der Waals surface area contributed by atoms with Gasteiger partial charge >= 0.3 is 0 Å². The number of aromatic hydroxyl groups is 1.